The quantitative estimate of drug-likeness (QED) is 0.730. The van der Waals surface area contributed by atoms with E-state index in [1.807, 2.05) is 42.3 Å². The highest BCUT2D eigenvalue weighted by Crippen LogP contribution is 2.40. The first-order valence-electron chi connectivity index (χ1n) is 6.07. The number of likely N-dealkylation sites (N-methyl/N-ethyl adjacent to an activating group) is 1. The molecule has 1 aromatic carbocycles. The van der Waals surface area contributed by atoms with E-state index in [1.165, 1.54) is 0 Å². The van der Waals surface area contributed by atoms with E-state index in [4.69, 9.17) is 6.42 Å². The molecule has 0 bridgehead atoms. The topological polar surface area (TPSA) is 43.7 Å². The van der Waals surface area contributed by atoms with Crippen molar-refractivity contribution in [3.8, 4) is 12.3 Å². The molecule has 2 N–H and O–H groups in total. The van der Waals surface area contributed by atoms with Crippen molar-refractivity contribution in [2.45, 2.75) is 30.6 Å². The van der Waals surface area contributed by atoms with E-state index >= 15 is 0 Å². The third-order valence-electron chi connectivity index (χ3n) is 3.89. The Kier molecular flexibility index (Phi) is 3.20. The summed E-state index contributed by atoms with van der Waals surface area (Å²) in [5.41, 5.74) is -1.67. The highest BCUT2D eigenvalue weighted by molar-refractivity contribution is 5.27. The lowest BCUT2D eigenvalue weighted by Crippen LogP contribution is -2.62. The van der Waals surface area contributed by atoms with Crippen LogP contribution < -0.4 is 0 Å². The normalized spacial score (nSPS) is 37.2. The second-order valence-corrected chi connectivity index (χ2v) is 5.32. The fourth-order valence-corrected chi connectivity index (χ4v) is 2.64. The zero-order chi connectivity index (χ0) is 13.4. The van der Waals surface area contributed by atoms with Crippen LogP contribution in [-0.4, -0.2) is 39.9 Å². The molecular formula is C15H19NO2. The number of rotatable bonds is 1. The van der Waals surface area contributed by atoms with Crippen molar-refractivity contribution in [3.05, 3.63) is 35.9 Å². The number of benzene rings is 1. The molecule has 1 heterocycles. The minimum Gasteiger partial charge on any atom is -0.385 e. The van der Waals surface area contributed by atoms with Gasteiger partial charge >= 0.3 is 0 Å². The van der Waals surface area contributed by atoms with Gasteiger partial charge < -0.3 is 10.2 Å². The number of likely N-dealkylation sites (tertiary alicyclic amines) is 1. The SMILES string of the molecule is C#C[C@]1(O)C[C@@H](c2ccccc2)N(C)C[C@@]1(C)O. The molecule has 1 aliphatic heterocycles. The molecule has 1 fully saturated rings. The highest BCUT2D eigenvalue weighted by atomic mass is 16.4. The van der Waals surface area contributed by atoms with E-state index in [0.717, 1.165) is 5.56 Å². The van der Waals surface area contributed by atoms with E-state index in [-0.39, 0.29) is 6.04 Å². The zero-order valence-corrected chi connectivity index (χ0v) is 10.8. The Balaban J connectivity index is 2.34. The van der Waals surface area contributed by atoms with Crippen LogP contribution in [0.5, 0.6) is 0 Å². The predicted octanol–water partition coefficient (Wildman–Crippen LogP) is 1.18. The van der Waals surface area contributed by atoms with E-state index < -0.39 is 11.2 Å². The van der Waals surface area contributed by atoms with Gasteiger partial charge in [0.25, 0.3) is 0 Å². The van der Waals surface area contributed by atoms with Gasteiger partial charge in [0.1, 0.15) is 5.60 Å². The number of aliphatic hydroxyl groups is 2. The van der Waals surface area contributed by atoms with Gasteiger partial charge in [0.2, 0.25) is 0 Å². The first-order chi connectivity index (χ1) is 8.39. The highest BCUT2D eigenvalue weighted by Gasteiger charge is 2.51. The number of hydrogen-bond donors (Lipinski definition) is 2. The smallest absolute Gasteiger partial charge is 0.156 e. The van der Waals surface area contributed by atoms with E-state index in [1.54, 1.807) is 6.92 Å². The van der Waals surface area contributed by atoms with Crippen LogP contribution in [0.4, 0.5) is 0 Å². The van der Waals surface area contributed by atoms with Crippen molar-refractivity contribution in [2.24, 2.45) is 0 Å². The van der Waals surface area contributed by atoms with Crippen molar-refractivity contribution in [3.63, 3.8) is 0 Å². The van der Waals surface area contributed by atoms with Crippen molar-refractivity contribution in [1.82, 2.24) is 4.90 Å². The second-order valence-electron chi connectivity index (χ2n) is 5.32. The van der Waals surface area contributed by atoms with Crippen molar-refractivity contribution in [1.29, 1.82) is 0 Å². The lowest BCUT2D eigenvalue weighted by atomic mass is 9.74. The molecule has 96 valence electrons. The monoisotopic (exact) mass is 245 g/mol. The van der Waals surface area contributed by atoms with Crippen LogP contribution in [0.3, 0.4) is 0 Å². The third kappa shape index (κ3) is 2.04. The minimum absolute atomic E-state index is 0.0208. The van der Waals surface area contributed by atoms with Crippen molar-refractivity contribution < 1.29 is 10.2 Å². The van der Waals surface area contributed by atoms with Crippen LogP contribution >= 0.6 is 0 Å². The van der Waals surface area contributed by atoms with Crippen molar-refractivity contribution in [2.75, 3.05) is 13.6 Å². The maximum Gasteiger partial charge on any atom is 0.156 e. The average molecular weight is 245 g/mol. The molecule has 1 aromatic rings. The molecule has 0 unspecified atom stereocenters. The molecular weight excluding hydrogens is 226 g/mol. The average Bonchev–Trinajstić information content (AvgIpc) is 2.34. The summed E-state index contributed by atoms with van der Waals surface area (Å²) in [6, 6.07) is 9.93. The molecule has 3 heteroatoms. The van der Waals surface area contributed by atoms with E-state index in [9.17, 15) is 10.2 Å². The van der Waals surface area contributed by atoms with E-state index in [0.29, 0.717) is 13.0 Å². The maximum atomic E-state index is 10.4. The largest absolute Gasteiger partial charge is 0.385 e. The number of β-amino-alcohol motifs (C(OH)–C–C–N with tert-alkyl or cyclic N) is 1. The van der Waals surface area contributed by atoms with Gasteiger partial charge in [-0.05, 0) is 19.5 Å². The summed E-state index contributed by atoms with van der Waals surface area (Å²) in [5, 5.41) is 20.7. The molecule has 0 amide bonds. The summed E-state index contributed by atoms with van der Waals surface area (Å²) in [5.74, 6) is 2.37. The number of piperidine rings is 1. The van der Waals surface area contributed by atoms with Gasteiger partial charge in [-0.15, -0.1) is 6.42 Å². The van der Waals surface area contributed by atoms with Crippen LogP contribution in [0.2, 0.25) is 0 Å². The Morgan fingerprint density at radius 2 is 1.94 bits per heavy atom. The van der Waals surface area contributed by atoms with Gasteiger partial charge in [0.15, 0.2) is 5.60 Å². The summed E-state index contributed by atoms with van der Waals surface area (Å²) >= 11 is 0. The lowest BCUT2D eigenvalue weighted by Gasteiger charge is -2.49. The molecule has 1 saturated heterocycles. The predicted molar refractivity (Wildman–Crippen MR) is 70.8 cm³/mol. The zero-order valence-electron chi connectivity index (χ0n) is 10.8. The first kappa shape index (κ1) is 13.1. The molecule has 3 nitrogen and oxygen atoms in total. The summed E-state index contributed by atoms with van der Waals surface area (Å²) in [7, 11) is 1.93. The minimum atomic E-state index is -1.49. The molecule has 0 saturated carbocycles. The van der Waals surface area contributed by atoms with Crippen molar-refractivity contribution >= 4 is 0 Å². The van der Waals surface area contributed by atoms with Crippen LogP contribution in [0.1, 0.15) is 24.9 Å². The molecule has 0 spiro atoms. The fraction of sp³-hybridized carbons (Fsp3) is 0.467. The van der Waals surface area contributed by atoms with Crippen LogP contribution in [0.25, 0.3) is 0 Å². The van der Waals surface area contributed by atoms with Gasteiger partial charge in [0.05, 0.1) is 0 Å². The van der Waals surface area contributed by atoms with Crippen LogP contribution in [0, 0.1) is 12.3 Å². The summed E-state index contributed by atoms with van der Waals surface area (Å²) in [6.45, 7) is 1.93. The molecule has 18 heavy (non-hydrogen) atoms. The first-order valence-corrected chi connectivity index (χ1v) is 6.07. The molecule has 0 aromatic heterocycles. The number of terminal acetylenes is 1. The Morgan fingerprint density at radius 3 is 2.50 bits per heavy atom. The molecule has 2 rings (SSSR count). The van der Waals surface area contributed by atoms with Gasteiger partial charge in [0, 0.05) is 19.0 Å². The summed E-state index contributed by atoms with van der Waals surface area (Å²) in [6.07, 6.45) is 5.75. The van der Waals surface area contributed by atoms with Crippen LogP contribution in [-0.2, 0) is 0 Å². The van der Waals surface area contributed by atoms with Gasteiger partial charge in [-0.1, -0.05) is 36.3 Å². The van der Waals surface area contributed by atoms with Gasteiger partial charge in [-0.2, -0.15) is 0 Å². The summed E-state index contributed by atoms with van der Waals surface area (Å²) < 4.78 is 0. The summed E-state index contributed by atoms with van der Waals surface area (Å²) in [4.78, 5) is 2.03. The standard InChI is InChI=1S/C15H19NO2/c1-4-15(18)10-13(12-8-6-5-7-9-12)16(3)11-14(15,2)17/h1,5-9,13,17-18H,10-11H2,2-3H3/t13-,14+,15-/m0/s1. The van der Waals surface area contributed by atoms with Crippen LogP contribution in [0.15, 0.2) is 30.3 Å². The van der Waals surface area contributed by atoms with E-state index in [2.05, 4.69) is 5.92 Å². The number of nitrogens with zero attached hydrogens (tertiary/aromatic N) is 1. The Bertz CT molecular complexity index is 463. The Hall–Kier alpha value is -1.34. The van der Waals surface area contributed by atoms with Gasteiger partial charge in [-0.25, -0.2) is 0 Å². The van der Waals surface area contributed by atoms with Gasteiger partial charge in [-0.3, -0.25) is 4.90 Å². The maximum absolute atomic E-state index is 10.4. The molecule has 0 radical (unpaired) electrons. The molecule has 3 atom stereocenters. The molecule has 0 aliphatic carbocycles. The number of hydrogen-bond acceptors (Lipinski definition) is 3. The lowest BCUT2D eigenvalue weighted by molar-refractivity contribution is -0.159. The Labute approximate surface area is 108 Å². The fourth-order valence-electron chi connectivity index (χ4n) is 2.64. The third-order valence-corrected chi connectivity index (χ3v) is 3.89. The molecule has 1 aliphatic rings. The Morgan fingerprint density at radius 1 is 1.33 bits per heavy atom. The second kappa shape index (κ2) is 4.40.